The molecule has 3 rings (SSSR count). The number of carboxylic acids is 1. The maximum absolute atomic E-state index is 11.9. The third-order valence-electron chi connectivity index (χ3n) is 5.60. The Morgan fingerprint density at radius 2 is 1.76 bits per heavy atom. The summed E-state index contributed by atoms with van der Waals surface area (Å²) >= 11 is 0. The molecule has 1 aliphatic rings. The molecule has 1 heterocycles. The first-order chi connectivity index (χ1) is 16.4. The molecule has 3 N–H and O–H groups in total. The molecule has 3 unspecified atom stereocenters. The zero-order valence-corrected chi connectivity index (χ0v) is 19.4. The summed E-state index contributed by atoms with van der Waals surface area (Å²) in [5.41, 5.74) is 3.25. The number of ether oxygens (including phenoxy) is 2. The predicted molar refractivity (Wildman–Crippen MR) is 128 cm³/mol. The van der Waals surface area contributed by atoms with Crippen molar-refractivity contribution in [3.63, 3.8) is 0 Å². The molecule has 1 saturated heterocycles. The number of likely N-dealkylation sites (N-methyl/N-ethyl adjacent to an activating group) is 1. The van der Waals surface area contributed by atoms with Crippen molar-refractivity contribution in [1.82, 2.24) is 4.90 Å². The predicted octanol–water partition coefficient (Wildman–Crippen LogP) is 3.65. The molecule has 0 bridgehead atoms. The Bertz CT molecular complexity index is 960. The van der Waals surface area contributed by atoms with Gasteiger partial charge in [0.15, 0.2) is 6.29 Å². The van der Waals surface area contributed by atoms with E-state index in [0.717, 1.165) is 29.8 Å². The summed E-state index contributed by atoms with van der Waals surface area (Å²) in [6.45, 7) is 5.25. The molecule has 1 fully saturated rings. The Labute approximate surface area is 199 Å². The topological polar surface area (TPSA) is 108 Å². The van der Waals surface area contributed by atoms with Crippen LogP contribution in [0, 0.1) is 0 Å². The first-order valence-corrected chi connectivity index (χ1v) is 11.3. The number of hydrogen-bond donors (Lipinski definition) is 3. The van der Waals surface area contributed by atoms with Crippen LogP contribution in [0.25, 0.3) is 0 Å². The summed E-state index contributed by atoms with van der Waals surface area (Å²) < 4.78 is 12.6. The van der Waals surface area contributed by atoms with Gasteiger partial charge >= 0.3 is 5.97 Å². The van der Waals surface area contributed by atoms with E-state index in [9.17, 15) is 14.7 Å². The molecule has 2 aromatic rings. The number of aliphatic hydroxyl groups excluding tert-OH is 1. The van der Waals surface area contributed by atoms with Gasteiger partial charge in [-0.25, -0.2) is 0 Å². The van der Waals surface area contributed by atoms with E-state index in [1.807, 2.05) is 49.5 Å². The monoisotopic (exact) mass is 468 g/mol. The number of anilines is 1. The number of aliphatic carboxylic acids is 1. The van der Waals surface area contributed by atoms with E-state index in [4.69, 9.17) is 14.6 Å². The summed E-state index contributed by atoms with van der Waals surface area (Å²) in [4.78, 5) is 24.7. The third kappa shape index (κ3) is 7.50. The van der Waals surface area contributed by atoms with Gasteiger partial charge in [-0.1, -0.05) is 42.5 Å². The van der Waals surface area contributed by atoms with Gasteiger partial charge in [-0.15, -0.1) is 6.58 Å². The minimum absolute atomic E-state index is 0.00823. The van der Waals surface area contributed by atoms with Crippen LogP contribution in [-0.2, 0) is 25.7 Å². The van der Waals surface area contributed by atoms with E-state index < -0.39 is 12.3 Å². The van der Waals surface area contributed by atoms with Crippen LogP contribution in [0.15, 0.2) is 61.2 Å². The Hall–Kier alpha value is -3.04. The summed E-state index contributed by atoms with van der Waals surface area (Å²) in [6.07, 6.45) is 1.42. The summed E-state index contributed by atoms with van der Waals surface area (Å²) in [7, 11) is 2.02. The molecule has 1 amide bonds. The van der Waals surface area contributed by atoms with Gasteiger partial charge in [-0.05, 0) is 30.3 Å². The van der Waals surface area contributed by atoms with Gasteiger partial charge in [0, 0.05) is 37.2 Å². The maximum Gasteiger partial charge on any atom is 0.303 e. The summed E-state index contributed by atoms with van der Waals surface area (Å²) in [6, 6.07) is 14.9. The standard InChI is InChI=1S/C26H32N2O6/c1-3-14-28(2)16-22-15-23(19-6-4-18(17-29)5-7-19)34-26(33-22)20-8-10-21(11-9-20)27-24(30)12-13-25(31)32/h3-11,22-23,26,29H,1,12-17H2,2H3,(H,27,30)(H,31,32). The van der Waals surface area contributed by atoms with Gasteiger partial charge < -0.3 is 29.9 Å². The normalized spacial score (nSPS) is 20.1. The highest BCUT2D eigenvalue weighted by Crippen LogP contribution is 2.38. The van der Waals surface area contributed by atoms with Crippen molar-refractivity contribution < 1.29 is 29.3 Å². The molecule has 2 aromatic carbocycles. The van der Waals surface area contributed by atoms with Crippen molar-refractivity contribution in [3.8, 4) is 0 Å². The second-order valence-electron chi connectivity index (χ2n) is 8.42. The second kappa shape index (κ2) is 12.4. The minimum atomic E-state index is -1.01. The van der Waals surface area contributed by atoms with E-state index in [0.29, 0.717) is 12.1 Å². The largest absolute Gasteiger partial charge is 0.481 e. The van der Waals surface area contributed by atoms with Crippen LogP contribution in [0.3, 0.4) is 0 Å². The number of benzene rings is 2. The average Bonchev–Trinajstić information content (AvgIpc) is 2.83. The second-order valence-corrected chi connectivity index (χ2v) is 8.42. The van der Waals surface area contributed by atoms with Gasteiger partial charge in [0.05, 0.1) is 25.2 Å². The lowest BCUT2D eigenvalue weighted by atomic mass is 9.99. The molecule has 1 aliphatic heterocycles. The lowest BCUT2D eigenvalue weighted by Crippen LogP contribution is -2.37. The first kappa shape index (κ1) is 25.6. The molecule has 8 nitrogen and oxygen atoms in total. The number of aliphatic hydroxyl groups is 1. The van der Waals surface area contributed by atoms with E-state index in [2.05, 4.69) is 16.8 Å². The highest BCUT2D eigenvalue weighted by Gasteiger charge is 2.32. The van der Waals surface area contributed by atoms with Crippen LogP contribution in [-0.4, -0.2) is 53.2 Å². The van der Waals surface area contributed by atoms with Crippen LogP contribution in [0.1, 0.15) is 48.3 Å². The van der Waals surface area contributed by atoms with Crippen molar-refractivity contribution in [2.45, 2.75) is 44.4 Å². The summed E-state index contributed by atoms with van der Waals surface area (Å²) in [5.74, 6) is -1.36. The van der Waals surface area contributed by atoms with Gasteiger partial charge in [-0.3, -0.25) is 9.59 Å². The Balaban J connectivity index is 1.72. The molecule has 182 valence electrons. The fourth-order valence-electron chi connectivity index (χ4n) is 3.84. The quantitative estimate of drug-likeness (QED) is 0.432. The van der Waals surface area contributed by atoms with Gasteiger partial charge in [-0.2, -0.15) is 0 Å². The molecule has 0 aliphatic carbocycles. The number of carbonyl (C=O) groups excluding carboxylic acids is 1. The molecular formula is C26H32N2O6. The third-order valence-corrected chi connectivity index (χ3v) is 5.60. The minimum Gasteiger partial charge on any atom is -0.481 e. The van der Waals surface area contributed by atoms with Gasteiger partial charge in [0.1, 0.15) is 0 Å². The molecule has 3 atom stereocenters. The van der Waals surface area contributed by atoms with Crippen molar-refractivity contribution in [1.29, 1.82) is 0 Å². The highest BCUT2D eigenvalue weighted by molar-refractivity contribution is 5.92. The van der Waals surface area contributed by atoms with Crippen molar-refractivity contribution >= 4 is 17.6 Å². The maximum atomic E-state index is 11.9. The van der Waals surface area contributed by atoms with Crippen molar-refractivity contribution in [3.05, 3.63) is 77.9 Å². The lowest BCUT2D eigenvalue weighted by molar-refractivity contribution is -0.252. The fraction of sp³-hybridized carbons (Fsp3) is 0.385. The number of rotatable bonds is 11. The van der Waals surface area contributed by atoms with Crippen LogP contribution >= 0.6 is 0 Å². The molecule has 0 saturated carbocycles. The lowest BCUT2D eigenvalue weighted by Gasteiger charge is -2.37. The van der Waals surface area contributed by atoms with Crippen molar-refractivity contribution in [2.24, 2.45) is 0 Å². The Morgan fingerprint density at radius 3 is 2.38 bits per heavy atom. The molecule has 0 radical (unpaired) electrons. The van der Waals surface area contributed by atoms with E-state index >= 15 is 0 Å². The number of nitrogens with zero attached hydrogens (tertiary/aromatic N) is 1. The number of amides is 1. The average molecular weight is 469 g/mol. The SMILES string of the molecule is C=CCN(C)CC1CC(c2ccc(CO)cc2)OC(c2ccc(NC(=O)CCC(=O)O)cc2)O1. The molecule has 0 spiro atoms. The Kier molecular flexibility index (Phi) is 9.35. The zero-order valence-electron chi connectivity index (χ0n) is 19.4. The van der Waals surface area contributed by atoms with Gasteiger partial charge in [0.2, 0.25) is 5.91 Å². The fourth-order valence-corrected chi connectivity index (χ4v) is 3.84. The highest BCUT2D eigenvalue weighted by atomic mass is 16.7. The van der Waals surface area contributed by atoms with Crippen LogP contribution in [0.4, 0.5) is 5.69 Å². The van der Waals surface area contributed by atoms with Crippen molar-refractivity contribution in [2.75, 3.05) is 25.5 Å². The van der Waals surface area contributed by atoms with Gasteiger partial charge in [0.25, 0.3) is 0 Å². The number of carbonyl (C=O) groups is 2. The zero-order chi connectivity index (χ0) is 24.5. The summed E-state index contributed by atoms with van der Waals surface area (Å²) in [5, 5.41) is 20.8. The van der Waals surface area contributed by atoms with E-state index in [1.165, 1.54) is 0 Å². The number of nitrogens with one attached hydrogen (secondary N) is 1. The van der Waals surface area contributed by atoms with E-state index in [-0.39, 0.29) is 37.6 Å². The number of carboxylic acid groups (broad SMARTS) is 1. The Morgan fingerprint density at radius 1 is 1.09 bits per heavy atom. The van der Waals surface area contributed by atoms with Crippen LogP contribution < -0.4 is 5.32 Å². The van der Waals surface area contributed by atoms with Crippen LogP contribution in [0.5, 0.6) is 0 Å². The van der Waals surface area contributed by atoms with E-state index in [1.54, 1.807) is 12.1 Å². The first-order valence-electron chi connectivity index (χ1n) is 11.3. The number of hydrogen-bond acceptors (Lipinski definition) is 6. The van der Waals surface area contributed by atoms with Crippen LogP contribution in [0.2, 0.25) is 0 Å². The molecular weight excluding hydrogens is 436 g/mol. The molecule has 8 heteroatoms. The molecule has 34 heavy (non-hydrogen) atoms. The smallest absolute Gasteiger partial charge is 0.303 e. The molecule has 0 aromatic heterocycles.